The van der Waals surface area contributed by atoms with Crippen molar-refractivity contribution in [3.8, 4) is 0 Å². The van der Waals surface area contributed by atoms with Gasteiger partial charge in [0.25, 0.3) is 5.91 Å². The largest absolute Gasteiger partial charge is 0.397 e. The smallest absolute Gasteiger partial charge is 0.272 e. The molecule has 116 valence electrons. The lowest BCUT2D eigenvalue weighted by molar-refractivity contribution is 0.101. The van der Waals surface area contributed by atoms with Crippen LogP contribution in [-0.4, -0.2) is 16.7 Å². The van der Waals surface area contributed by atoms with E-state index in [1.54, 1.807) is 19.9 Å². The van der Waals surface area contributed by atoms with Crippen LogP contribution in [0.4, 0.5) is 11.4 Å². The lowest BCUT2D eigenvalue weighted by Crippen LogP contribution is -2.15. The van der Waals surface area contributed by atoms with Gasteiger partial charge in [-0.3, -0.25) is 9.59 Å². The van der Waals surface area contributed by atoms with E-state index in [1.165, 1.54) is 6.92 Å². The summed E-state index contributed by atoms with van der Waals surface area (Å²) in [6, 6.07) is 3.63. The van der Waals surface area contributed by atoms with E-state index < -0.39 is 0 Å². The number of ketones is 1. The second kappa shape index (κ2) is 5.96. The fourth-order valence-corrected chi connectivity index (χ4v) is 3.12. The Kier molecular flexibility index (Phi) is 4.42. The van der Waals surface area contributed by atoms with E-state index in [-0.39, 0.29) is 11.7 Å². The van der Waals surface area contributed by atoms with E-state index >= 15 is 0 Å². The van der Waals surface area contributed by atoms with Crippen LogP contribution >= 0.6 is 15.9 Å². The van der Waals surface area contributed by atoms with Crippen molar-refractivity contribution in [2.75, 3.05) is 11.1 Å². The van der Waals surface area contributed by atoms with Crippen LogP contribution in [0.3, 0.4) is 0 Å². The van der Waals surface area contributed by atoms with E-state index in [4.69, 9.17) is 5.73 Å². The molecule has 2 rings (SSSR count). The highest BCUT2D eigenvalue weighted by Crippen LogP contribution is 2.28. The fraction of sp³-hybridized carbons (Fsp3) is 0.250. The molecule has 0 radical (unpaired) electrons. The Morgan fingerprint density at radius 3 is 2.41 bits per heavy atom. The number of halogens is 1. The summed E-state index contributed by atoms with van der Waals surface area (Å²) in [5, 5.41) is 2.79. The molecule has 1 heterocycles. The molecule has 4 N–H and O–H groups in total. The second-order valence-corrected chi connectivity index (χ2v) is 6.23. The van der Waals surface area contributed by atoms with Gasteiger partial charge >= 0.3 is 0 Å². The number of carbonyl (C=O) groups excluding carboxylic acids is 2. The molecular weight excluding hydrogens is 346 g/mol. The molecule has 2 aromatic rings. The number of Topliss-reactive ketones (excluding diaryl/α,β-unsaturated/α-hetero) is 1. The average Bonchev–Trinajstić information content (AvgIpc) is 2.70. The summed E-state index contributed by atoms with van der Waals surface area (Å²) >= 11 is 3.38. The monoisotopic (exact) mass is 363 g/mol. The van der Waals surface area contributed by atoms with Crippen molar-refractivity contribution in [3.05, 3.63) is 44.7 Å². The topological polar surface area (TPSA) is 88.0 Å². The molecular formula is C16H18BrN3O2. The van der Waals surface area contributed by atoms with E-state index in [9.17, 15) is 9.59 Å². The Morgan fingerprint density at radius 2 is 1.86 bits per heavy atom. The van der Waals surface area contributed by atoms with Gasteiger partial charge in [-0.05, 0) is 51.0 Å². The van der Waals surface area contributed by atoms with Gasteiger partial charge in [0.2, 0.25) is 0 Å². The number of carbonyl (C=O) groups is 2. The van der Waals surface area contributed by atoms with Gasteiger partial charge in [0, 0.05) is 15.7 Å². The maximum Gasteiger partial charge on any atom is 0.272 e. The number of nitrogens with two attached hydrogens (primary N) is 1. The second-order valence-electron chi connectivity index (χ2n) is 5.32. The van der Waals surface area contributed by atoms with Crippen LogP contribution in [0.25, 0.3) is 0 Å². The van der Waals surface area contributed by atoms with E-state index in [1.807, 2.05) is 13.0 Å². The molecule has 1 aromatic carbocycles. The molecule has 0 fully saturated rings. The Bertz CT molecular complexity index is 778. The first-order chi connectivity index (χ1) is 10.2. The molecule has 22 heavy (non-hydrogen) atoms. The molecule has 6 heteroatoms. The van der Waals surface area contributed by atoms with Crippen LogP contribution < -0.4 is 11.1 Å². The summed E-state index contributed by atoms with van der Waals surface area (Å²) in [5.74, 6) is -0.389. The molecule has 0 saturated carbocycles. The maximum atomic E-state index is 12.5. The standard InChI is InChI=1S/C16H18BrN3O2/c1-7-5-11(17)6-12(14(7)18)20-16(22)15-8(2)13(10(4)21)9(3)19-15/h5-6,19H,18H2,1-4H3,(H,20,22). The highest BCUT2D eigenvalue weighted by atomic mass is 79.9. The number of hydrogen-bond acceptors (Lipinski definition) is 3. The summed E-state index contributed by atoms with van der Waals surface area (Å²) < 4.78 is 0.832. The highest BCUT2D eigenvalue weighted by Gasteiger charge is 2.20. The summed E-state index contributed by atoms with van der Waals surface area (Å²) in [4.78, 5) is 27.1. The minimum atomic E-state index is -0.322. The molecule has 0 aliphatic carbocycles. The van der Waals surface area contributed by atoms with Crippen molar-refractivity contribution in [2.45, 2.75) is 27.7 Å². The molecule has 0 aliphatic heterocycles. The number of aromatic nitrogens is 1. The zero-order chi connectivity index (χ0) is 16.6. The molecule has 0 atom stereocenters. The number of aromatic amines is 1. The Morgan fingerprint density at radius 1 is 1.23 bits per heavy atom. The summed E-state index contributed by atoms with van der Waals surface area (Å²) in [6.07, 6.45) is 0. The quantitative estimate of drug-likeness (QED) is 0.573. The van der Waals surface area contributed by atoms with Crippen LogP contribution in [0, 0.1) is 20.8 Å². The number of amides is 1. The van der Waals surface area contributed by atoms with E-state index in [2.05, 4.69) is 26.2 Å². The molecule has 1 amide bonds. The first-order valence-corrected chi connectivity index (χ1v) is 7.58. The molecule has 0 unspecified atom stereocenters. The lowest BCUT2D eigenvalue weighted by atomic mass is 10.1. The number of benzene rings is 1. The van der Waals surface area contributed by atoms with Crippen LogP contribution in [0.1, 0.15) is 44.6 Å². The zero-order valence-corrected chi connectivity index (χ0v) is 14.5. The Labute approximate surface area is 137 Å². The third-order valence-electron chi connectivity index (χ3n) is 3.62. The van der Waals surface area contributed by atoms with Gasteiger partial charge in [0.05, 0.1) is 11.4 Å². The molecule has 0 aliphatic rings. The molecule has 1 aromatic heterocycles. The lowest BCUT2D eigenvalue weighted by Gasteiger charge is -2.11. The zero-order valence-electron chi connectivity index (χ0n) is 12.9. The first kappa shape index (κ1) is 16.3. The summed E-state index contributed by atoms with van der Waals surface area (Å²) in [6.45, 7) is 6.89. The van der Waals surface area contributed by atoms with Crippen molar-refractivity contribution >= 4 is 39.0 Å². The van der Waals surface area contributed by atoms with Crippen molar-refractivity contribution < 1.29 is 9.59 Å². The Hall–Kier alpha value is -2.08. The van der Waals surface area contributed by atoms with Gasteiger partial charge < -0.3 is 16.0 Å². The SMILES string of the molecule is CC(=O)c1c(C)[nH]c(C(=O)Nc2cc(Br)cc(C)c2N)c1C. The van der Waals surface area contributed by atoms with Crippen LogP contribution in [-0.2, 0) is 0 Å². The third-order valence-corrected chi connectivity index (χ3v) is 4.07. The summed E-state index contributed by atoms with van der Waals surface area (Å²) in [5.41, 5.74) is 10.2. The average molecular weight is 364 g/mol. The number of anilines is 2. The number of hydrogen-bond donors (Lipinski definition) is 3. The molecule has 0 spiro atoms. The van der Waals surface area contributed by atoms with E-state index in [0.717, 1.165) is 10.0 Å². The number of nitrogen functional groups attached to an aromatic ring is 1. The molecule has 0 saturated heterocycles. The molecule has 5 nitrogen and oxygen atoms in total. The molecule has 0 bridgehead atoms. The maximum absolute atomic E-state index is 12.5. The van der Waals surface area contributed by atoms with Gasteiger partial charge in [-0.15, -0.1) is 0 Å². The van der Waals surface area contributed by atoms with Crippen LogP contribution in [0.15, 0.2) is 16.6 Å². The van der Waals surface area contributed by atoms with Crippen molar-refractivity contribution in [1.29, 1.82) is 0 Å². The van der Waals surface area contributed by atoms with Gasteiger partial charge in [0.1, 0.15) is 5.69 Å². The van der Waals surface area contributed by atoms with Gasteiger partial charge in [-0.2, -0.15) is 0 Å². The van der Waals surface area contributed by atoms with Crippen LogP contribution in [0.5, 0.6) is 0 Å². The predicted octanol–water partition coefficient (Wildman–Crippen LogP) is 3.74. The minimum Gasteiger partial charge on any atom is -0.397 e. The number of aryl methyl sites for hydroxylation is 2. The third kappa shape index (κ3) is 2.92. The number of H-pyrrole nitrogens is 1. The van der Waals surface area contributed by atoms with Gasteiger partial charge in [-0.1, -0.05) is 15.9 Å². The van der Waals surface area contributed by atoms with Gasteiger partial charge in [-0.25, -0.2) is 0 Å². The normalized spacial score (nSPS) is 10.6. The summed E-state index contributed by atoms with van der Waals surface area (Å²) in [7, 11) is 0. The fourth-order valence-electron chi connectivity index (χ4n) is 2.55. The Balaban J connectivity index is 2.39. The van der Waals surface area contributed by atoms with Crippen molar-refractivity contribution in [3.63, 3.8) is 0 Å². The minimum absolute atomic E-state index is 0.0666. The van der Waals surface area contributed by atoms with Crippen molar-refractivity contribution in [2.24, 2.45) is 0 Å². The van der Waals surface area contributed by atoms with Crippen molar-refractivity contribution in [1.82, 2.24) is 4.98 Å². The number of nitrogens with one attached hydrogen (secondary N) is 2. The predicted molar refractivity (Wildman–Crippen MR) is 91.5 cm³/mol. The van der Waals surface area contributed by atoms with Crippen LogP contribution in [0.2, 0.25) is 0 Å². The van der Waals surface area contributed by atoms with E-state index in [0.29, 0.717) is 33.9 Å². The first-order valence-electron chi connectivity index (χ1n) is 6.79. The highest BCUT2D eigenvalue weighted by molar-refractivity contribution is 9.10. The number of rotatable bonds is 3. The van der Waals surface area contributed by atoms with Gasteiger partial charge in [0.15, 0.2) is 5.78 Å².